The molecule has 0 saturated carbocycles. The summed E-state index contributed by atoms with van der Waals surface area (Å²) >= 11 is 0. The average Bonchev–Trinajstić information content (AvgIpc) is 3.14. The van der Waals surface area contributed by atoms with Crippen molar-refractivity contribution in [3.8, 4) is 5.75 Å². The summed E-state index contributed by atoms with van der Waals surface area (Å²) < 4.78 is 10.4. The Hall–Kier alpha value is -4.35. The molecule has 29 heavy (non-hydrogen) atoms. The number of nitrogens with one attached hydrogen (secondary N) is 1. The number of amides is 1. The second-order valence-electron chi connectivity index (χ2n) is 5.73. The first-order valence-electron chi connectivity index (χ1n) is 8.06. The van der Waals surface area contributed by atoms with Gasteiger partial charge in [-0.25, -0.2) is 0 Å². The fraction of sp³-hybridized carbons (Fsp3) is 0.118. The number of nitro benzene ring substituents is 2. The molecule has 2 aromatic carbocycles. The van der Waals surface area contributed by atoms with Gasteiger partial charge < -0.3 is 9.15 Å². The normalized spacial score (nSPS) is 10.4. The molecule has 12 nitrogen and oxygen atoms in total. The SMILES string of the molecule is COc1ccc(Cc2nnc(NC(=O)c3cc([N+](=O)[O-])cc([N+](=O)[O-])c3)o2)cc1. The maximum Gasteiger partial charge on any atom is 0.322 e. The predicted octanol–water partition coefficient (Wildman–Crippen LogP) is 2.74. The molecule has 1 amide bonds. The third kappa shape index (κ3) is 4.68. The Morgan fingerprint density at radius 3 is 2.24 bits per heavy atom. The molecular weight excluding hydrogens is 386 g/mol. The molecular formula is C17H13N5O7. The lowest BCUT2D eigenvalue weighted by Gasteiger charge is -2.02. The molecule has 0 aliphatic heterocycles. The third-order valence-electron chi connectivity index (χ3n) is 3.79. The molecule has 1 aromatic heterocycles. The van der Waals surface area contributed by atoms with Crippen LogP contribution >= 0.6 is 0 Å². The van der Waals surface area contributed by atoms with Crippen molar-refractivity contribution in [2.45, 2.75) is 6.42 Å². The number of carbonyl (C=O) groups excluding carboxylic acids is 1. The van der Waals surface area contributed by atoms with E-state index in [0.29, 0.717) is 12.2 Å². The number of nitrogens with zero attached hydrogens (tertiary/aromatic N) is 4. The van der Waals surface area contributed by atoms with Gasteiger partial charge in [0.15, 0.2) is 0 Å². The molecule has 3 rings (SSSR count). The van der Waals surface area contributed by atoms with E-state index in [1.165, 1.54) is 0 Å². The standard InChI is InChI=1S/C17H13N5O7/c1-28-14-4-2-10(3-5-14)6-15-19-20-17(29-15)18-16(23)11-7-12(21(24)25)9-13(8-11)22(26)27/h2-5,7-9H,6H2,1H3,(H,18,20,23). The second kappa shape index (κ2) is 8.12. The van der Waals surface area contributed by atoms with Gasteiger partial charge in [0.25, 0.3) is 17.3 Å². The summed E-state index contributed by atoms with van der Waals surface area (Å²) in [7, 11) is 1.55. The van der Waals surface area contributed by atoms with Crippen molar-refractivity contribution in [3.05, 3.63) is 79.7 Å². The number of benzene rings is 2. The van der Waals surface area contributed by atoms with Crippen LogP contribution in [0.1, 0.15) is 21.8 Å². The molecule has 0 aliphatic rings. The van der Waals surface area contributed by atoms with E-state index < -0.39 is 27.1 Å². The van der Waals surface area contributed by atoms with E-state index in [9.17, 15) is 25.0 Å². The molecule has 0 aliphatic carbocycles. The van der Waals surface area contributed by atoms with Crippen LogP contribution in [0.15, 0.2) is 46.9 Å². The number of ether oxygens (including phenoxy) is 1. The van der Waals surface area contributed by atoms with Gasteiger partial charge in [0, 0.05) is 12.1 Å². The highest BCUT2D eigenvalue weighted by Crippen LogP contribution is 2.23. The summed E-state index contributed by atoms with van der Waals surface area (Å²) in [5, 5.41) is 31.6. The van der Waals surface area contributed by atoms with Crippen molar-refractivity contribution in [2.24, 2.45) is 0 Å². The minimum Gasteiger partial charge on any atom is -0.497 e. The molecule has 1 N–H and O–H groups in total. The largest absolute Gasteiger partial charge is 0.497 e. The quantitative estimate of drug-likeness (QED) is 0.464. The maximum atomic E-state index is 12.3. The van der Waals surface area contributed by atoms with Crippen LogP contribution < -0.4 is 10.1 Å². The second-order valence-corrected chi connectivity index (χ2v) is 5.73. The Kier molecular flexibility index (Phi) is 5.44. The van der Waals surface area contributed by atoms with E-state index in [-0.39, 0.29) is 17.5 Å². The highest BCUT2D eigenvalue weighted by Gasteiger charge is 2.21. The zero-order valence-electron chi connectivity index (χ0n) is 14.9. The topological polar surface area (TPSA) is 164 Å². The number of anilines is 1. The van der Waals surface area contributed by atoms with Gasteiger partial charge in [-0.2, -0.15) is 0 Å². The fourth-order valence-corrected chi connectivity index (χ4v) is 2.40. The number of hydrogen-bond donors (Lipinski definition) is 1. The first kappa shape index (κ1) is 19.4. The van der Waals surface area contributed by atoms with Crippen LogP contribution in [0.4, 0.5) is 17.4 Å². The van der Waals surface area contributed by atoms with E-state index in [1.54, 1.807) is 19.2 Å². The first-order chi connectivity index (χ1) is 13.9. The number of carbonyl (C=O) groups is 1. The zero-order valence-corrected chi connectivity index (χ0v) is 14.9. The van der Waals surface area contributed by atoms with Crippen LogP contribution in [0.25, 0.3) is 0 Å². The van der Waals surface area contributed by atoms with E-state index in [0.717, 1.165) is 23.8 Å². The van der Waals surface area contributed by atoms with Crippen molar-refractivity contribution in [1.29, 1.82) is 0 Å². The van der Waals surface area contributed by atoms with E-state index >= 15 is 0 Å². The van der Waals surface area contributed by atoms with Gasteiger partial charge in [-0.05, 0) is 17.7 Å². The Labute approximate surface area is 162 Å². The van der Waals surface area contributed by atoms with Crippen LogP contribution in [-0.4, -0.2) is 33.1 Å². The monoisotopic (exact) mass is 399 g/mol. The molecule has 148 valence electrons. The number of rotatable bonds is 7. The smallest absolute Gasteiger partial charge is 0.322 e. The summed E-state index contributed by atoms with van der Waals surface area (Å²) in [6, 6.07) is 9.50. The number of methoxy groups -OCH3 is 1. The molecule has 0 fully saturated rings. The molecule has 12 heteroatoms. The van der Waals surface area contributed by atoms with Crippen LogP contribution in [0.2, 0.25) is 0 Å². The van der Waals surface area contributed by atoms with Gasteiger partial charge in [-0.1, -0.05) is 17.2 Å². The van der Waals surface area contributed by atoms with Gasteiger partial charge >= 0.3 is 6.01 Å². The highest BCUT2D eigenvalue weighted by molar-refractivity contribution is 6.04. The molecule has 0 saturated heterocycles. The molecule has 0 unspecified atom stereocenters. The van der Waals surface area contributed by atoms with Gasteiger partial charge in [-0.3, -0.25) is 30.3 Å². The van der Waals surface area contributed by atoms with Crippen molar-refractivity contribution < 1.29 is 23.8 Å². The lowest BCUT2D eigenvalue weighted by Crippen LogP contribution is -2.13. The van der Waals surface area contributed by atoms with Gasteiger partial charge in [-0.15, -0.1) is 5.10 Å². The highest BCUT2D eigenvalue weighted by atomic mass is 16.6. The van der Waals surface area contributed by atoms with Crippen molar-refractivity contribution in [3.63, 3.8) is 0 Å². The van der Waals surface area contributed by atoms with E-state index in [1.807, 2.05) is 12.1 Å². The van der Waals surface area contributed by atoms with E-state index in [4.69, 9.17) is 9.15 Å². The number of nitro groups is 2. The summed E-state index contributed by atoms with van der Waals surface area (Å²) in [6.45, 7) is 0. The van der Waals surface area contributed by atoms with Crippen LogP contribution in [-0.2, 0) is 6.42 Å². The first-order valence-corrected chi connectivity index (χ1v) is 8.06. The van der Waals surface area contributed by atoms with Gasteiger partial charge in [0.05, 0.1) is 35.0 Å². The molecule has 1 heterocycles. The third-order valence-corrected chi connectivity index (χ3v) is 3.79. The van der Waals surface area contributed by atoms with E-state index in [2.05, 4.69) is 15.5 Å². The Bertz CT molecular complexity index is 1050. The summed E-state index contributed by atoms with van der Waals surface area (Å²) in [5.74, 6) is 0.0465. The summed E-state index contributed by atoms with van der Waals surface area (Å²) in [6.07, 6.45) is 0.301. The molecule has 0 radical (unpaired) electrons. The number of non-ortho nitro benzene ring substituents is 2. The lowest BCUT2D eigenvalue weighted by molar-refractivity contribution is -0.394. The fourth-order valence-electron chi connectivity index (χ4n) is 2.40. The van der Waals surface area contributed by atoms with Crippen molar-refractivity contribution in [2.75, 3.05) is 12.4 Å². The van der Waals surface area contributed by atoms with Gasteiger partial charge in [0.2, 0.25) is 5.89 Å². The van der Waals surface area contributed by atoms with Crippen LogP contribution in [0, 0.1) is 20.2 Å². The Morgan fingerprint density at radius 2 is 1.69 bits per heavy atom. The molecule has 0 spiro atoms. The maximum absolute atomic E-state index is 12.3. The number of hydrogen-bond acceptors (Lipinski definition) is 9. The van der Waals surface area contributed by atoms with Crippen molar-refractivity contribution in [1.82, 2.24) is 10.2 Å². The summed E-state index contributed by atoms with van der Waals surface area (Å²) in [5.41, 5.74) is -0.604. The van der Waals surface area contributed by atoms with Gasteiger partial charge in [0.1, 0.15) is 5.75 Å². The lowest BCUT2D eigenvalue weighted by atomic mass is 10.1. The van der Waals surface area contributed by atoms with Crippen LogP contribution in [0.5, 0.6) is 5.75 Å². The summed E-state index contributed by atoms with van der Waals surface area (Å²) in [4.78, 5) is 32.5. The molecule has 0 bridgehead atoms. The molecule has 3 aromatic rings. The predicted molar refractivity (Wildman–Crippen MR) is 97.8 cm³/mol. The molecule has 0 atom stereocenters. The van der Waals surface area contributed by atoms with Crippen molar-refractivity contribution >= 4 is 23.3 Å². The number of aromatic nitrogens is 2. The zero-order chi connectivity index (χ0) is 21.0. The van der Waals surface area contributed by atoms with Crippen LogP contribution in [0.3, 0.4) is 0 Å². The minimum atomic E-state index is -0.864. The minimum absolute atomic E-state index is 0.218. The Morgan fingerprint density at radius 1 is 1.07 bits per heavy atom. The Balaban J connectivity index is 1.74. The average molecular weight is 399 g/mol.